The molecule has 0 aliphatic rings. The summed E-state index contributed by atoms with van der Waals surface area (Å²) in [5.41, 5.74) is -0.351. The summed E-state index contributed by atoms with van der Waals surface area (Å²) in [7, 11) is 0. The van der Waals surface area contributed by atoms with E-state index in [4.69, 9.17) is 14.2 Å². The van der Waals surface area contributed by atoms with Crippen LogP contribution in [0.1, 0.15) is 136 Å². The zero-order valence-electron chi connectivity index (χ0n) is 24.9. The Kier molecular flexibility index (Phi) is 11.0. The maximum atomic E-state index is 6.76. The van der Waals surface area contributed by atoms with Crippen molar-refractivity contribution in [2.24, 2.45) is 16.2 Å². The Labute approximate surface area is 202 Å². The average Bonchev–Trinajstić information content (AvgIpc) is 2.49. The Bertz CT molecular complexity index is 544. The second kappa shape index (κ2) is 11.1. The van der Waals surface area contributed by atoms with Gasteiger partial charge < -0.3 is 14.2 Å². The zero-order chi connectivity index (χ0) is 25.8. The topological polar surface area (TPSA) is 27.7 Å². The quantitative estimate of drug-likeness (QED) is 0.277. The fourth-order valence-electron chi connectivity index (χ4n) is 4.06. The van der Waals surface area contributed by atoms with Crippen molar-refractivity contribution in [1.82, 2.24) is 0 Å². The van der Waals surface area contributed by atoms with E-state index >= 15 is 0 Å². The van der Waals surface area contributed by atoms with Crippen LogP contribution in [0.2, 0.25) is 0 Å². The number of ether oxygens (including phenoxy) is 3. The summed E-state index contributed by atoms with van der Waals surface area (Å²) >= 11 is 0. The number of rotatable bonds is 13. The standard InChI is InChI=1S/C29H60O3/c1-17-23(32-25(6,7)8)21-27(11,12)29(15,16)31-22(2)20-26(9,10)28(13,14)30-19-18-24(3,4)5/h22-23H,17-21H2,1-16H3. The molecular weight excluding hydrogens is 396 g/mol. The molecule has 194 valence electrons. The van der Waals surface area contributed by atoms with E-state index in [9.17, 15) is 0 Å². The summed E-state index contributed by atoms with van der Waals surface area (Å²) in [5, 5.41) is 0. The normalized spacial score (nSPS) is 16.9. The van der Waals surface area contributed by atoms with Gasteiger partial charge in [-0.15, -0.1) is 0 Å². The molecule has 0 saturated carbocycles. The summed E-state index contributed by atoms with van der Waals surface area (Å²) in [6.07, 6.45) is 4.37. The van der Waals surface area contributed by atoms with Gasteiger partial charge >= 0.3 is 0 Å². The van der Waals surface area contributed by atoms with Gasteiger partial charge in [0.15, 0.2) is 0 Å². The molecule has 0 N–H and O–H groups in total. The van der Waals surface area contributed by atoms with E-state index in [1.807, 2.05) is 0 Å². The predicted molar refractivity (Wildman–Crippen MR) is 140 cm³/mol. The van der Waals surface area contributed by atoms with Gasteiger partial charge in [0, 0.05) is 6.61 Å². The second-order valence-corrected chi connectivity index (χ2v) is 14.5. The summed E-state index contributed by atoms with van der Waals surface area (Å²) in [5.74, 6) is 0. The van der Waals surface area contributed by atoms with Gasteiger partial charge in [0.2, 0.25) is 0 Å². The van der Waals surface area contributed by atoms with E-state index in [-0.39, 0.29) is 39.8 Å². The van der Waals surface area contributed by atoms with Crippen molar-refractivity contribution in [2.45, 2.75) is 165 Å². The van der Waals surface area contributed by atoms with Gasteiger partial charge in [-0.05, 0) is 97.3 Å². The molecule has 0 aliphatic carbocycles. The SMILES string of the molecule is CCC(CC(C)(C)C(C)(C)OC(C)CC(C)(C)C(C)(C)OCCC(C)(C)C)OC(C)(C)C. The van der Waals surface area contributed by atoms with Crippen LogP contribution in [0.5, 0.6) is 0 Å². The fraction of sp³-hybridized carbons (Fsp3) is 1.00. The van der Waals surface area contributed by atoms with Crippen LogP contribution in [0.3, 0.4) is 0 Å². The third-order valence-electron chi connectivity index (χ3n) is 7.58. The first-order chi connectivity index (χ1) is 13.9. The maximum absolute atomic E-state index is 6.76. The van der Waals surface area contributed by atoms with Crippen molar-refractivity contribution in [2.75, 3.05) is 6.61 Å². The third kappa shape index (κ3) is 10.9. The van der Waals surface area contributed by atoms with Crippen molar-refractivity contribution < 1.29 is 14.2 Å². The Hall–Kier alpha value is -0.120. The Balaban J connectivity index is 5.16. The van der Waals surface area contributed by atoms with E-state index in [0.717, 1.165) is 32.3 Å². The molecule has 0 heterocycles. The molecule has 0 aromatic heterocycles. The number of hydrogen-bond donors (Lipinski definition) is 0. The van der Waals surface area contributed by atoms with Crippen molar-refractivity contribution >= 4 is 0 Å². The minimum atomic E-state index is -0.269. The summed E-state index contributed by atoms with van der Waals surface area (Å²) in [6.45, 7) is 36.6. The highest BCUT2D eigenvalue weighted by Crippen LogP contribution is 2.44. The summed E-state index contributed by atoms with van der Waals surface area (Å²) in [6, 6.07) is 0. The molecule has 0 spiro atoms. The lowest BCUT2D eigenvalue weighted by Crippen LogP contribution is -2.49. The van der Waals surface area contributed by atoms with Gasteiger partial charge in [-0.2, -0.15) is 0 Å². The fourth-order valence-corrected chi connectivity index (χ4v) is 4.06. The molecule has 2 atom stereocenters. The van der Waals surface area contributed by atoms with E-state index in [0.29, 0.717) is 5.41 Å². The molecule has 0 aromatic carbocycles. The largest absolute Gasteiger partial charge is 0.375 e. The minimum Gasteiger partial charge on any atom is -0.375 e. The van der Waals surface area contributed by atoms with E-state index in [2.05, 4.69) is 111 Å². The van der Waals surface area contributed by atoms with Crippen LogP contribution in [0, 0.1) is 16.2 Å². The first-order valence-electron chi connectivity index (χ1n) is 12.9. The molecule has 0 fully saturated rings. The molecule has 0 rings (SSSR count). The van der Waals surface area contributed by atoms with E-state index < -0.39 is 0 Å². The van der Waals surface area contributed by atoms with Crippen LogP contribution in [0.4, 0.5) is 0 Å². The van der Waals surface area contributed by atoms with Crippen LogP contribution in [-0.4, -0.2) is 35.6 Å². The third-order valence-corrected chi connectivity index (χ3v) is 7.58. The van der Waals surface area contributed by atoms with E-state index in [1.165, 1.54) is 0 Å². The van der Waals surface area contributed by atoms with Crippen LogP contribution < -0.4 is 0 Å². The van der Waals surface area contributed by atoms with Crippen LogP contribution in [0.15, 0.2) is 0 Å². The van der Waals surface area contributed by atoms with Crippen molar-refractivity contribution in [3.05, 3.63) is 0 Å². The van der Waals surface area contributed by atoms with Crippen molar-refractivity contribution in [3.63, 3.8) is 0 Å². The number of hydrogen-bond acceptors (Lipinski definition) is 3. The highest BCUT2D eigenvalue weighted by atomic mass is 16.5. The lowest BCUT2D eigenvalue weighted by molar-refractivity contribution is -0.175. The van der Waals surface area contributed by atoms with Crippen molar-refractivity contribution in [1.29, 1.82) is 0 Å². The molecule has 0 bridgehead atoms. The van der Waals surface area contributed by atoms with Gasteiger partial charge in [0.25, 0.3) is 0 Å². The molecule has 0 saturated heterocycles. The highest BCUT2D eigenvalue weighted by molar-refractivity contribution is 4.93. The second-order valence-electron chi connectivity index (χ2n) is 14.5. The molecule has 3 heteroatoms. The van der Waals surface area contributed by atoms with Crippen molar-refractivity contribution in [3.8, 4) is 0 Å². The molecule has 2 unspecified atom stereocenters. The summed E-state index contributed by atoms with van der Waals surface area (Å²) < 4.78 is 19.5. The van der Waals surface area contributed by atoms with Gasteiger partial charge in [-0.1, -0.05) is 55.4 Å². The first kappa shape index (κ1) is 31.9. The van der Waals surface area contributed by atoms with E-state index in [1.54, 1.807) is 0 Å². The Morgan fingerprint density at radius 3 is 1.50 bits per heavy atom. The Morgan fingerprint density at radius 1 is 0.625 bits per heavy atom. The molecule has 0 aromatic rings. The molecule has 0 aliphatic heterocycles. The van der Waals surface area contributed by atoms with Gasteiger partial charge in [0.05, 0.1) is 29.0 Å². The molecule has 3 nitrogen and oxygen atoms in total. The monoisotopic (exact) mass is 456 g/mol. The predicted octanol–water partition coefficient (Wildman–Crippen LogP) is 8.83. The molecular formula is C29H60O3. The van der Waals surface area contributed by atoms with Crippen LogP contribution in [0.25, 0.3) is 0 Å². The molecule has 0 amide bonds. The van der Waals surface area contributed by atoms with Crippen LogP contribution in [-0.2, 0) is 14.2 Å². The maximum Gasteiger partial charge on any atom is 0.0681 e. The van der Waals surface area contributed by atoms with Gasteiger partial charge in [-0.3, -0.25) is 0 Å². The van der Waals surface area contributed by atoms with Gasteiger partial charge in [0.1, 0.15) is 0 Å². The summed E-state index contributed by atoms with van der Waals surface area (Å²) in [4.78, 5) is 0. The average molecular weight is 457 g/mol. The van der Waals surface area contributed by atoms with Crippen LogP contribution >= 0.6 is 0 Å². The molecule has 0 radical (unpaired) electrons. The van der Waals surface area contributed by atoms with Gasteiger partial charge in [-0.25, -0.2) is 0 Å². The lowest BCUT2D eigenvalue weighted by atomic mass is 9.71. The lowest BCUT2D eigenvalue weighted by Gasteiger charge is -2.48. The highest BCUT2D eigenvalue weighted by Gasteiger charge is 2.44. The Morgan fingerprint density at radius 2 is 1.09 bits per heavy atom. The minimum absolute atomic E-state index is 0.00811. The molecule has 32 heavy (non-hydrogen) atoms. The smallest absolute Gasteiger partial charge is 0.0681 e. The first-order valence-corrected chi connectivity index (χ1v) is 12.9. The zero-order valence-corrected chi connectivity index (χ0v) is 24.9.